The van der Waals surface area contributed by atoms with E-state index in [1.165, 1.54) is 24.1 Å². The Kier molecular flexibility index (Phi) is 9.09. The monoisotopic (exact) mass is 548 g/mol. The van der Waals surface area contributed by atoms with Crippen molar-refractivity contribution in [1.82, 2.24) is 10.2 Å². The zero-order valence-corrected chi connectivity index (χ0v) is 21.2. The molecule has 0 aliphatic carbocycles. The number of alkyl halides is 3. The maximum atomic E-state index is 12.6. The Morgan fingerprint density at radius 1 is 1.30 bits per heavy atom. The van der Waals surface area contributed by atoms with Crippen molar-refractivity contribution in [1.29, 1.82) is 0 Å². The van der Waals surface area contributed by atoms with Gasteiger partial charge in [0.25, 0.3) is 11.8 Å². The highest BCUT2D eigenvalue weighted by molar-refractivity contribution is 8.26. The van der Waals surface area contributed by atoms with Crippen molar-refractivity contribution >= 4 is 81.0 Å². The maximum absolute atomic E-state index is 12.6. The minimum atomic E-state index is -1.95. The van der Waals surface area contributed by atoms with Crippen molar-refractivity contribution in [3.8, 4) is 5.75 Å². The molecular weight excluding hydrogens is 531 g/mol. The fourth-order valence-corrected chi connectivity index (χ4v) is 4.37. The lowest BCUT2D eigenvalue weighted by molar-refractivity contribution is -0.122. The van der Waals surface area contributed by atoms with Crippen LogP contribution in [-0.2, 0) is 9.53 Å². The molecule has 0 spiro atoms. The molecule has 33 heavy (non-hydrogen) atoms. The number of ether oxygens (including phenoxy) is 2. The van der Waals surface area contributed by atoms with Crippen LogP contribution in [0.4, 0.5) is 0 Å². The number of thioether (sulfide) groups is 1. The van der Waals surface area contributed by atoms with Gasteiger partial charge >= 0.3 is 0 Å². The van der Waals surface area contributed by atoms with E-state index in [4.69, 9.17) is 60.9 Å². The maximum Gasteiger partial charge on any atom is 0.289 e. The molecule has 1 fully saturated rings. The van der Waals surface area contributed by atoms with Gasteiger partial charge in [0, 0.05) is 20.3 Å². The second-order valence-electron chi connectivity index (χ2n) is 6.74. The van der Waals surface area contributed by atoms with Crippen molar-refractivity contribution in [3.63, 3.8) is 0 Å². The molecule has 1 aromatic carbocycles. The minimum Gasteiger partial charge on any atom is -0.466 e. The number of benzene rings is 1. The van der Waals surface area contributed by atoms with Crippen LogP contribution >= 0.6 is 58.8 Å². The SMILES string of the molecule is COCCCN1C(=O)/C(=C/c2ccc(O[C@H](NC(=O)c3ccco3)C(Cl)(Cl)Cl)cc2)SC1=S. The van der Waals surface area contributed by atoms with Gasteiger partial charge in [0.05, 0.1) is 11.2 Å². The van der Waals surface area contributed by atoms with Gasteiger partial charge in [0.15, 0.2) is 5.76 Å². The number of nitrogens with zero attached hydrogens (tertiary/aromatic N) is 1. The molecular formula is C21H19Cl3N2O5S2. The Hall–Kier alpha value is -1.75. The molecule has 176 valence electrons. The van der Waals surface area contributed by atoms with Gasteiger partial charge in [-0.15, -0.1) is 0 Å². The third kappa shape index (κ3) is 7.11. The van der Waals surface area contributed by atoms with Gasteiger partial charge in [-0.25, -0.2) is 0 Å². The van der Waals surface area contributed by atoms with E-state index in [0.29, 0.717) is 34.5 Å². The molecule has 1 aliphatic rings. The number of amides is 2. The van der Waals surface area contributed by atoms with Gasteiger partial charge in [0.2, 0.25) is 10.0 Å². The van der Waals surface area contributed by atoms with E-state index in [-0.39, 0.29) is 11.7 Å². The highest BCUT2D eigenvalue weighted by Gasteiger charge is 2.37. The molecule has 1 saturated heterocycles. The Morgan fingerprint density at radius 2 is 2.03 bits per heavy atom. The summed E-state index contributed by atoms with van der Waals surface area (Å²) in [6.07, 6.45) is 2.51. The molecule has 2 aromatic rings. The summed E-state index contributed by atoms with van der Waals surface area (Å²) >= 11 is 24.5. The first-order chi connectivity index (χ1) is 15.7. The molecule has 1 atom stereocenters. The summed E-state index contributed by atoms with van der Waals surface area (Å²) in [6.45, 7) is 1.06. The smallest absolute Gasteiger partial charge is 0.289 e. The van der Waals surface area contributed by atoms with E-state index in [9.17, 15) is 9.59 Å². The zero-order valence-electron chi connectivity index (χ0n) is 17.3. The molecule has 0 radical (unpaired) electrons. The van der Waals surface area contributed by atoms with Crippen molar-refractivity contribution in [3.05, 3.63) is 58.9 Å². The summed E-state index contributed by atoms with van der Waals surface area (Å²) in [5.41, 5.74) is 0.754. The second kappa shape index (κ2) is 11.6. The summed E-state index contributed by atoms with van der Waals surface area (Å²) in [5.74, 6) is -0.345. The molecule has 2 amide bonds. The fraction of sp³-hybridized carbons (Fsp3) is 0.286. The van der Waals surface area contributed by atoms with Crippen LogP contribution in [0.2, 0.25) is 0 Å². The molecule has 12 heteroatoms. The number of furan rings is 1. The predicted molar refractivity (Wildman–Crippen MR) is 134 cm³/mol. The van der Waals surface area contributed by atoms with Crippen LogP contribution in [0.15, 0.2) is 52.0 Å². The molecule has 1 aliphatic heterocycles. The number of carbonyl (C=O) groups excluding carboxylic acids is 2. The van der Waals surface area contributed by atoms with Crippen LogP contribution < -0.4 is 10.1 Å². The summed E-state index contributed by atoms with van der Waals surface area (Å²) in [6, 6.07) is 9.76. The lowest BCUT2D eigenvalue weighted by Crippen LogP contribution is -2.47. The van der Waals surface area contributed by atoms with Crippen LogP contribution in [-0.4, -0.2) is 51.3 Å². The fourth-order valence-electron chi connectivity index (χ4n) is 2.77. The van der Waals surface area contributed by atoms with Crippen LogP contribution in [0.5, 0.6) is 5.75 Å². The van der Waals surface area contributed by atoms with Crippen LogP contribution in [0, 0.1) is 0 Å². The molecule has 1 aromatic heterocycles. The third-order valence-corrected chi connectivity index (χ3v) is 6.31. The molecule has 1 N–H and O–H groups in total. The van der Waals surface area contributed by atoms with Crippen molar-refractivity contribution < 1.29 is 23.5 Å². The summed E-state index contributed by atoms with van der Waals surface area (Å²) in [4.78, 5) is 27.0. The number of nitrogens with one attached hydrogen (secondary N) is 1. The topological polar surface area (TPSA) is 81.0 Å². The van der Waals surface area contributed by atoms with Gasteiger partial charge in [-0.05, 0) is 42.3 Å². The average Bonchev–Trinajstić information content (AvgIpc) is 3.39. The Balaban J connectivity index is 1.67. The molecule has 0 bridgehead atoms. The molecule has 0 unspecified atom stereocenters. The van der Waals surface area contributed by atoms with E-state index >= 15 is 0 Å². The molecule has 7 nitrogen and oxygen atoms in total. The first-order valence-electron chi connectivity index (χ1n) is 9.61. The number of methoxy groups -OCH3 is 1. The molecule has 3 rings (SSSR count). The number of thiocarbonyl (C=S) groups is 1. The van der Waals surface area contributed by atoms with Crippen molar-refractivity contribution in [2.45, 2.75) is 16.4 Å². The minimum absolute atomic E-state index is 0.0488. The number of halogens is 3. The Bertz CT molecular complexity index is 1020. The van der Waals surface area contributed by atoms with E-state index < -0.39 is 15.9 Å². The number of rotatable bonds is 9. The first kappa shape index (κ1) is 25.9. The largest absolute Gasteiger partial charge is 0.466 e. The van der Waals surface area contributed by atoms with Crippen LogP contribution in [0.25, 0.3) is 6.08 Å². The highest BCUT2D eigenvalue weighted by Crippen LogP contribution is 2.34. The first-order valence-corrected chi connectivity index (χ1v) is 12.0. The number of carbonyl (C=O) groups is 2. The summed E-state index contributed by atoms with van der Waals surface area (Å²) in [5, 5.41) is 2.48. The third-order valence-electron chi connectivity index (χ3n) is 4.34. The van der Waals surface area contributed by atoms with Crippen LogP contribution in [0.1, 0.15) is 22.5 Å². The van der Waals surface area contributed by atoms with Gasteiger partial charge < -0.3 is 19.2 Å². The average molecular weight is 550 g/mol. The van der Waals surface area contributed by atoms with Gasteiger partial charge in [-0.2, -0.15) is 0 Å². The molecule has 2 heterocycles. The van der Waals surface area contributed by atoms with Crippen LogP contribution in [0.3, 0.4) is 0 Å². The van der Waals surface area contributed by atoms with Gasteiger partial charge in [0.1, 0.15) is 10.1 Å². The summed E-state index contributed by atoms with van der Waals surface area (Å²) < 4.78 is 14.3. The quantitative estimate of drug-likeness (QED) is 0.155. The number of hydrogen-bond acceptors (Lipinski definition) is 7. The van der Waals surface area contributed by atoms with Crippen molar-refractivity contribution in [2.75, 3.05) is 20.3 Å². The lowest BCUT2D eigenvalue weighted by Gasteiger charge is -2.26. The Morgan fingerprint density at radius 3 is 2.64 bits per heavy atom. The second-order valence-corrected chi connectivity index (χ2v) is 10.8. The standard InChI is InChI=1S/C21H19Cl3N2O5S2/c1-29-10-3-9-26-18(28)16(33-20(26)32)12-13-5-7-14(8-6-13)31-19(21(22,23)24)25-17(27)15-4-2-11-30-15/h2,4-8,11-12,19H,3,9-10H2,1H3,(H,25,27)/b16-12-/t19-/m0/s1. The normalized spacial score (nSPS) is 16.4. The zero-order chi connectivity index (χ0) is 24.0. The summed E-state index contributed by atoms with van der Waals surface area (Å²) in [7, 11) is 1.61. The van der Waals surface area contributed by atoms with E-state index in [0.717, 1.165) is 5.56 Å². The van der Waals surface area contributed by atoms with E-state index in [2.05, 4.69) is 5.32 Å². The number of hydrogen-bond donors (Lipinski definition) is 1. The van der Waals surface area contributed by atoms with E-state index in [1.807, 2.05) is 0 Å². The van der Waals surface area contributed by atoms with Gasteiger partial charge in [-0.1, -0.05) is 70.9 Å². The predicted octanol–water partition coefficient (Wildman–Crippen LogP) is 5.02. The van der Waals surface area contributed by atoms with E-state index in [1.54, 1.807) is 48.4 Å². The Labute approximate surface area is 215 Å². The highest BCUT2D eigenvalue weighted by atomic mass is 35.6. The van der Waals surface area contributed by atoms with Crippen molar-refractivity contribution in [2.24, 2.45) is 0 Å². The lowest BCUT2D eigenvalue weighted by atomic mass is 10.2. The van der Waals surface area contributed by atoms with Gasteiger partial charge in [-0.3, -0.25) is 14.5 Å². The molecule has 0 saturated carbocycles.